The Hall–Kier alpha value is -1.53. The lowest BCUT2D eigenvalue weighted by molar-refractivity contribution is 0.416. The molecule has 2 saturated carbocycles. The van der Waals surface area contributed by atoms with Gasteiger partial charge in [-0.05, 0) is 55.2 Å². The molecule has 1 N–H and O–H groups in total. The summed E-state index contributed by atoms with van der Waals surface area (Å²) < 4.78 is 0. The number of benzene rings is 1. The summed E-state index contributed by atoms with van der Waals surface area (Å²) >= 11 is 0. The molecule has 3 heteroatoms. The summed E-state index contributed by atoms with van der Waals surface area (Å²) in [6.45, 7) is 1.78. The number of hydrogen-bond donors (Lipinski definition) is 1. The van der Waals surface area contributed by atoms with Crippen molar-refractivity contribution in [3.8, 4) is 6.07 Å². The molecule has 2 aliphatic rings. The molecule has 0 spiro atoms. The molecule has 0 aliphatic heterocycles. The first-order chi connectivity index (χ1) is 10.3. The van der Waals surface area contributed by atoms with Crippen LogP contribution in [0.5, 0.6) is 0 Å². The first-order valence-corrected chi connectivity index (χ1v) is 8.18. The van der Waals surface area contributed by atoms with Crippen LogP contribution in [0.15, 0.2) is 24.3 Å². The third-order valence-corrected chi connectivity index (χ3v) is 4.74. The Balaban J connectivity index is 1.50. The van der Waals surface area contributed by atoms with Gasteiger partial charge in [0.25, 0.3) is 0 Å². The van der Waals surface area contributed by atoms with Gasteiger partial charge in [-0.2, -0.15) is 5.26 Å². The fraction of sp³-hybridized carbons (Fsp3) is 0.611. The van der Waals surface area contributed by atoms with Crippen molar-refractivity contribution >= 4 is 5.69 Å². The molecule has 1 aromatic carbocycles. The monoisotopic (exact) mass is 283 g/mol. The van der Waals surface area contributed by atoms with Gasteiger partial charge in [0, 0.05) is 31.9 Å². The van der Waals surface area contributed by atoms with Crippen molar-refractivity contribution in [2.75, 3.05) is 18.5 Å². The Kier molecular flexibility index (Phi) is 4.45. The molecule has 21 heavy (non-hydrogen) atoms. The maximum atomic E-state index is 8.64. The number of nitrogens with one attached hydrogen (secondary N) is 1. The van der Waals surface area contributed by atoms with Crippen LogP contribution < -0.4 is 10.2 Å². The fourth-order valence-corrected chi connectivity index (χ4v) is 3.08. The highest BCUT2D eigenvalue weighted by atomic mass is 15.1. The van der Waals surface area contributed by atoms with Crippen LogP contribution in [0.1, 0.15) is 37.7 Å². The maximum absolute atomic E-state index is 8.64. The molecule has 0 radical (unpaired) electrons. The van der Waals surface area contributed by atoms with Crippen molar-refractivity contribution in [2.24, 2.45) is 11.8 Å². The van der Waals surface area contributed by atoms with E-state index >= 15 is 0 Å². The van der Waals surface area contributed by atoms with E-state index in [-0.39, 0.29) is 0 Å². The van der Waals surface area contributed by atoms with Crippen LogP contribution in [0.4, 0.5) is 5.69 Å². The topological polar surface area (TPSA) is 39.1 Å². The second-order valence-corrected chi connectivity index (χ2v) is 6.58. The summed E-state index contributed by atoms with van der Waals surface area (Å²) in [5.41, 5.74) is 2.55. The standard InChI is InChI=1S/C18H25N3/c1-21(12-2-11-19)17-9-3-14(4-10-17)13-20-18(15-5-6-15)16-7-8-16/h3-4,9-10,15-16,18,20H,2,5-8,12-13H2,1H3. The van der Waals surface area contributed by atoms with E-state index in [2.05, 4.69) is 40.6 Å². The zero-order chi connectivity index (χ0) is 14.7. The van der Waals surface area contributed by atoms with Crippen molar-refractivity contribution in [2.45, 2.75) is 44.7 Å². The molecule has 0 bridgehead atoms. The van der Waals surface area contributed by atoms with E-state index in [1.54, 1.807) is 0 Å². The third-order valence-electron chi connectivity index (χ3n) is 4.74. The van der Waals surface area contributed by atoms with E-state index in [4.69, 9.17) is 5.26 Å². The Morgan fingerprint density at radius 3 is 2.33 bits per heavy atom. The molecule has 2 fully saturated rings. The number of hydrogen-bond acceptors (Lipinski definition) is 3. The molecule has 1 aromatic rings. The lowest BCUT2D eigenvalue weighted by Crippen LogP contribution is -2.32. The molecule has 0 saturated heterocycles. The van der Waals surface area contributed by atoms with E-state index in [1.165, 1.54) is 36.9 Å². The molecule has 3 rings (SSSR count). The van der Waals surface area contributed by atoms with Crippen LogP contribution in [0.2, 0.25) is 0 Å². The van der Waals surface area contributed by atoms with Crippen LogP contribution in [-0.4, -0.2) is 19.6 Å². The predicted molar refractivity (Wildman–Crippen MR) is 86.0 cm³/mol. The molecule has 2 aliphatic carbocycles. The molecule has 0 unspecified atom stereocenters. The minimum Gasteiger partial charge on any atom is -0.374 e. The zero-order valence-electron chi connectivity index (χ0n) is 12.9. The molecule has 3 nitrogen and oxygen atoms in total. The summed E-state index contributed by atoms with van der Waals surface area (Å²) in [5, 5.41) is 12.4. The first kappa shape index (κ1) is 14.4. The largest absolute Gasteiger partial charge is 0.374 e. The summed E-state index contributed by atoms with van der Waals surface area (Å²) in [6, 6.07) is 11.7. The Morgan fingerprint density at radius 2 is 1.81 bits per heavy atom. The van der Waals surface area contributed by atoms with Gasteiger partial charge in [-0.25, -0.2) is 0 Å². The van der Waals surface area contributed by atoms with Gasteiger partial charge in [0.15, 0.2) is 0 Å². The van der Waals surface area contributed by atoms with Crippen molar-refractivity contribution in [3.05, 3.63) is 29.8 Å². The van der Waals surface area contributed by atoms with Gasteiger partial charge in [0.1, 0.15) is 0 Å². The van der Waals surface area contributed by atoms with E-state index in [0.717, 1.165) is 31.0 Å². The maximum Gasteiger partial charge on any atom is 0.0640 e. The van der Waals surface area contributed by atoms with Gasteiger partial charge in [-0.15, -0.1) is 0 Å². The average Bonchev–Trinajstić information content (AvgIpc) is 3.38. The number of rotatable bonds is 8. The molecule has 112 valence electrons. The summed E-state index contributed by atoms with van der Waals surface area (Å²) in [5.74, 6) is 1.91. The minimum absolute atomic E-state index is 0.574. The van der Waals surface area contributed by atoms with Gasteiger partial charge in [-0.1, -0.05) is 12.1 Å². The average molecular weight is 283 g/mol. The molecular formula is C18H25N3. The van der Waals surface area contributed by atoms with E-state index in [9.17, 15) is 0 Å². The zero-order valence-corrected chi connectivity index (χ0v) is 12.9. The predicted octanol–water partition coefficient (Wildman–Crippen LogP) is 3.31. The SMILES string of the molecule is CN(CCC#N)c1ccc(CNC(C2CC2)C2CC2)cc1. The second kappa shape index (κ2) is 6.49. The number of anilines is 1. The van der Waals surface area contributed by atoms with Crippen molar-refractivity contribution in [3.63, 3.8) is 0 Å². The van der Waals surface area contributed by atoms with Crippen molar-refractivity contribution in [1.82, 2.24) is 5.32 Å². The van der Waals surface area contributed by atoms with E-state index < -0.39 is 0 Å². The lowest BCUT2D eigenvalue weighted by atomic mass is 10.1. The highest BCUT2D eigenvalue weighted by molar-refractivity contribution is 5.46. The molecule has 0 aromatic heterocycles. The van der Waals surface area contributed by atoms with Crippen molar-refractivity contribution in [1.29, 1.82) is 5.26 Å². The number of nitriles is 1. The Bertz CT molecular complexity index is 482. The molecule has 0 atom stereocenters. The van der Waals surface area contributed by atoms with Crippen LogP contribution in [-0.2, 0) is 6.54 Å². The highest BCUT2D eigenvalue weighted by Crippen LogP contribution is 2.44. The van der Waals surface area contributed by atoms with Gasteiger partial charge in [-0.3, -0.25) is 0 Å². The van der Waals surface area contributed by atoms with E-state index in [1.807, 2.05) is 7.05 Å². The van der Waals surface area contributed by atoms with Gasteiger partial charge >= 0.3 is 0 Å². The first-order valence-electron chi connectivity index (χ1n) is 8.18. The third kappa shape index (κ3) is 3.98. The Morgan fingerprint density at radius 1 is 1.19 bits per heavy atom. The molecule has 0 amide bonds. The van der Waals surface area contributed by atoms with Crippen LogP contribution in [0.25, 0.3) is 0 Å². The van der Waals surface area contributed by atoms with Crippen LogP contribution in [0, 0.1) is 23.2 Å². The lowest BCUT2D eigenvalue weighted by Gasteiger charge is -2.19. The Labute approximate surface area is 128 Å². The highest BCUT2D eigenvalue weighted by Gasteiger charge is 2.40. The van der Waals surface area contributed by atoms with Gasteiger partial charge in [0.2, 0.25) is 0 Å². The summed E-state index contributed by atoms with van der Waals surface area (Å²) in [7, 11) is 2.04. The second-order valence-electron chi connectivity index (χ2n) is 6.58. The smallest absolute Gasteiger partial charge is 0.0640 e. The fourth-order valence-electron chi connectivity index (χ4n) is 3.08. The quantitative estimate of drug-likeness (QED) is 0.795. The van der Waals surface area contributed by atoms with Crippen LogP contribution in [0.3, 0.4) is 0 Å². The summed E-state index contributed by atoms with van der Waals surface area (Å²) in [4.78, 5) is 2.14. The van der Waals surface area contributed by atoms with Crippen molar-refractivity contribution < 1.29 is 0 Å². The summed E-state index contributed by atoms with van der Waals surface area (Å²) in [6.07, 6.45) is 6.28. The van der Waals surface area contributed by atoms with Gasteiger partial charge < -0.3 is 10.2 Å². The molecule has 0 heterocycles. The van der Waals surface area contributed by atoms with E-state index in [0.29, 0.717) is 6.42 Å². The molecular weight excluding hydrogens is 258 g/mol. The van der Waals surface area contributed by atoms with Crippen LogP contribution >= 0.6 is 0 Å². The number of nitrogens with zero attached hydrogens (tertiary/aromatic N) is 2. The normalized spacial score (nSPS) is 17.8. The minimum atomic E-state index is 0.574. The van der Waals surface area contributed by atoms with Gasteiger partial charge in [0.05, 0.1) is 12.5 Å².